The first-order chi connectivity index (χ1) is 10.7. The standard InChI is InChI=1S/C17H18N2O3/c1-2-22-17(21)13-8-10-15(11-9-13)19-16(20)12-18-14-6-4-3-5-7-14/h3-11,18H,2,12H2,1H3,(H,19,20). The van der Waals surface area contributed by atoms with Gasteiger partial charge in [0.15, 0.2) is 0 Å². The summed E-state index contributed by atoms with van der Waals surface area (Å²) in [5.74, 6) is -0.529. The number of hydrogen-bond acceptors (Lipinski definition) is 4. The first-order valence-corrected chi connectivity index (χ1v) is 7.05. The molecule has 0 radical (unpaired) electrons. The van der Waals surface area contributed by atoms with Crippen LogP contribution in [0, 0.1) is 0 Å². The highest BCUT2D eigenvalue weighted by Gasteiger charge is 2.07. The molecule has 0 spiro atoms. The SMILES string of the molecule is CCOC(=O)c1ccc(NC(=O)CNc2ccccc2)cc1. The van der Waals surface area contributed by atoms with Crippen LogP contribution < -0.4 is 10.6 Å². The Hall–Kier alpha value is -2.82. The van der Waals surface area contributed by atoms with Crippen molar-refractivity contribution in [1.82, 2.24) is 0 Å². The van der Waals surface area contributed by atoms with Crippen LogP contribution in [0.3, 0.4) is 0 Å². The van der Waals surface area contributed by atoms with E-state index in [1.54, 1.807) is 31.2 Å². The number of benzene rings is 2. The third kappa shape index (κ3) is 4.63. The summed E-state index contributed by atoms with van der Waals surface area (Å²) in [4.78, 5) is 23.4. The number of rotatable bonds is 6. The molecule has 2 aromatic carbocycles. The van der Waals surface area contributed by atoms with Gasteiger partial charge in [-0.2, -0.15) is 0 Å². The smallest absolute Gasteiger partial charge is 0.338 e. The van der Waals surface area contributed by atoms with Crippen LogP contribution in [0.2, 0.25) is 0 Å². The van der Waals surface area contributed by atoms with Gasteiger partial charge >= 0.3 is 5.97 Å². The summed E-state index contributed by atoms with van der Waals surface area (Å²) >= 11 is 0. The van der Waals surface area contributed by atoms with Crippen molar-refractivity contribution in [3.63, 3.8) is 0 Å². The van der Waals surface area contributed by atoms with Gasteiger partial charge in [0.25, 0.3) is 0 Å². The summed E-state index contributed by atoms with van der Waals surface area (Å²) in [6, 6.07) is 16.1. The van der Waals surface area contributed by atoms with Gasteiger partial charge in [0, 0.05) is 11.4 Å². The third-order valence-electron chi connectivity index (χ3n) is 2.91. The predicted octanol–water partition coefficient (Wildman–Crippen LogP) is 2.91. The molecule has 0 saturated carbocycles. The monoisotopic (exact) mass is 298 g/mol. The van der Waals surface area contributed by atoms with E-state index >= 15 is 0 Å². The minimum Gasteiger partial charge on any atom is -0.462 e. The molecule has 114 valence electrons. The lowest BCUT2D eigenvalue weighted by molar-refractivity contribution is -0.114. The van der Waals surface area contributed by atoms with Crippen molar-refractivity contribution in [2.45, 2.75) is 6.92 Å². The topological polar surface area (TPSA) is 67.4 Å². The Morgan fingerprint density at radius 2 is 1.64 bits per heavy atom. The van der Waals surface area contributed by atoms with Crippen LogP contribution in [0.4, 0.5) is 11.4 Å². The van der Waals surface area contributed by atoms with Gasteiger partial charge in [-0.3, -0.25) is 4.79 Å². The summed E-state index contributed by atoms with van der Waals surface area (Å²) < 4.78 is 4.90. The minimum atomic E-state index is -0.369. The highest BCUT2D eigenvalue weighted by molar-refractivity contribution is 5.95. The van der Waals surface area contributed by atoms with Crippen LogP contribution in [0.25, 0.3) is 0 Å². The molecule has 2 rings (SSSR count). The molecule has 5 heteroatoms. The summed E-state index contributed by atoms with van der Waals surface area (Å²) in [5, 5.41) is 5.78. The molecular weight excluding hydrogens is 280 g/mol. The van der Waals surface area contributed by atoms with Crippen molar-refractivity contribution >= 4 is 23.3 Å². The number of carbonyl (C=O) groups excluding carboxylic acids is 2. The van der Waals surface area contributed by atoms with Crippen molar-refractivity contribution in [2.24, 2.45) is 0 Å². The van der Waals surface area contributed by atoms with Crippen LogP contribution in [-0.2, 0) is 9.53 Å². The fourth-order valence-electron chi connectivity index (χ4n) is 1.85. The summed E-state index contributed by atoms with van der Waals surface area (Å²) in [6.45, 7) is 2.26. The largest absolute Gasteiger partial charge is 0.462 e. The first-order valence-electron chi connectivity index (χ1n) is 7.05. The maximum absolute atomic E-state index is 11.8. The average Bonchev–Trinajstić information content (AvgIpc) is 2.55. The van der Waals surface area contributed by atoms with E-state index < -0.39 is 0 Å². The number of para-hydroxylation sites is 1. The van der Waals surface area contributed by atoms with Crippen molar-refractivity contribution in [2.75, 3.05) is 23.8 Å². The number of nitrogens with one attached hydrogen (secondary N) is 2. The number of esters is 1. The molecule has 0 aliphatic rings. The molecule has 2 aromatic rings. The van der Waals surface area contributed by atoms with E-state index in [-0.39, 0.29) is 18.4 Å². The number of amides is 1. The average molecular weight is 298 g/mol. The van der Waals surface area contributed by atoms with Crippen molar-refractivity contribution in [3.05, 3.63) is 60.2 Å². The van der Waals surface area contributed by atoms with Crippen LogP contribution in [0.5, 0.6) is 0 Å². The van der Waals surface area contributed by atoms with Crippen LogP contribution in [0.1, 0.15) is 17.3 Å². The molecule has 0 atom stereocenters. The molecule has 0 heterocycles. The summed E-state index contributed by atoms with van der Waals surface area (Å²) in [7, 11) is 0. The fraction of sp³-hybridized carbons (Fsp3) is 0.176. The molecule has 5 nitrogen and oxygen atoms in total. The maximum atomic E-state index is 11.8. The maximum Gasteiger partial charge on any atom is 0.338 e. The number of anilines is 2. The van der Waals surface area contributed by atoms with E-state index in [2.05, 4.69) is 10.6 Å². The van der Waals surface area contributed by atoms with E-state index in [0.717, 1.165) is 5.69 Å². The van der Waals surface area contributed by atoms with Gasteiger partial charge in [0.1, 0.15) is 0 Å². The molecule has 2 N–H and O–H groups in total. The van der Waals surface area contributed by atoms with Crippen LogP contribution >= 0.6 is 0 Å². The number of hydrogen-bond donors (Lipinski definition) is 2. The van der Waals surface area contributed by atoms with Crippen molar-refractivity contribution in [1.29, 1.82) is 0 Å². The zero-order valence-electron chi connectivity index (χ0n) is 12.3. The normalized spacial score (nSPS) is 9.86. The molecule has 22 heavy (non-hydrogen) atoms. The van der Waals surface area contributed by atoms with Crippen molar-refractivity contribution in [3.8, 4) is 0 Å². The number of carbonyl (C=O) groups is 2. The molecule has 0 aliphatic carbocycles. The highest BCUT2D eigenvalue weighted by Crippen LogP contribution is 2.11. The molecular formula is C17H18N2O3. The van der Waals surface area contributed by atoms with E-state index in [9.17, 15) is 9.59 Å². The Morgan fingerprint density at radius 1 is 0.955 bits per heavy atom. The summed E-state index contributed by atoms with van der Waals surface area (Å²) in [5.41, 5.74) is 1.98. The highest BCUT2D eigenvalue weighted by atomic mass is 16.5. The van der Waals surface area contributed by atoms with Gasteiger partial charge in [-0.05, 0) is 43.3 Å². The first kappa shape index (κ1) is 15.6. The zero-order valence-corrected chi connectivity index (χ0v) is 12.3. The second kappa shape index (κ2) is 7.83. The molecule has 0 unspecified atom stereocenters. The fourth-order valence-corrected chi connectivity index (χ4v) is 1.85. The van der Waals surface area contributed by atoms with E-state index in [0.29, 0.717) is 17.9 Å². The van der Waals surface area contributed by atoms with E-state index in [1.165, 1.54) is 0 Å². The zero-order chi connectivity index (χ0) is 15.8. The molecule has 0 fully saturated rings. The van der Waals surface area contributed by atoms with Gasteiger partial charge in [0.2, 0.25) is 5.91 Å². The van der Waals surface area contributed by atoms with Gasteiger partial charge < -0.3 is 15.4 Å². The second-order valence-electron chi connectivity index (χ2n) is 4.57. The molecule has 0 aromatic heterocycles. The van der Waals surface area contributed by atoms with Gasteiger partial charge in [0.05, 0.1) is 18.7 Å². The van der Waals surface area contributed by atoms with Gasteiger partial charge in [-0.1, -0.05) is 18.2 Å². The second-order valence-corrected chi connectivity index (χ2v) is 4.57. The molecule has 0 aliphatic heterocycles. The minimum absolute atomic E-state index is 0.160. The van der Waals surface area contributed by atoms with E-state index in [1.807, 2.05) is 30.3 Å². The third-order valence-corrected chi connectivity index (χ3v) is 2.91. The van der Waals surface area contributed by atoms with Crippen molar-refractivity contribution < 1.29 is 14.3 Å². The Labute approximate surface area is 129 Å². The van der Waals surface area contributed by atoms with Crippen LogP contribution in [-0.4, -0.2) is 25.0 Å². The van der Waals surface area contributed by atoms with E-state index in [4.69, 9.17) is 4.74 Å². The quantitative estimate of drug-likeness (QED) is 0.805. The van der Waals surface area contributed by atoms with Gasteiger partial charge in [-0.25, -0.2) is 4.79 Å². The Kier molecular flexibility index (Phi) is 5.54. The molecule has 0 saturated heterocycles. The lowest BCUT2D eigenvalue weighted by atomic mass is 10.2. The molecule has 0 bridgehead atoms. The Morgan fingerprint density at radius 3 is 2.27 bits per heavy atom. The Bertz CT molecular complexity index is 624. The molecule has 1 amide bonds. The van der Waals surface area contributed by atoms with Crippen LogP contribution in [0.15, 0.2) is 54.6 Å². The Balaban J connectivity index is 1.85. The predicted molar refractivity (Wildman–Crippen MR) is 86.0 cm³/mol. The number of ether oxygens (including phenoxy) is 1. The lowest BCUT2D eigenvalue weighted by Gasteiger charge is -2.08. The summed E-state index contributed by atoms with van der Waals surface area (Å²) in [6.07, 6.45) is 0. The van der Waals surface area contributed by atoms with Gasteiger partial charge in [-0.15, -0.1) is 0 Å². The lowest BCUT2D eigenvalue weighted by Crippen LogP contribution is -2.21.